The summed E-state index contributed by atoms with van der Waals surface area (Å²) in [6, 6.07) is 11.1. The van der Waals surface area contributed by atoms with Gasteiger partial charge in [0.25, 0.3) is 5.91 Å². The predicted molar refractivity (Wildman–Crippen MR) is 114 cm³/mol. The second-order valence-electron chi connectivity index (χ2n) is 6.87. The van der Waals surface area contributed by atoms with E-state index < -0.39 is 46.4 Å². The Morgan fingerprint density at radius 2 is 1.58 bits per heavy atom. The number of halogens is 5. The quantitative estimate of drug-likeness (QED) is 0.173. The number of nitrogens with zero attached hydrogens (tertiary/aromatic N) is 1. The molecule has 3 aromatic carbocycles. The Kier molecular flexibility index (Phi) is 5.81. The van der Waals surface area contributed by atoms with Crippen LogP contribution >= 0.6 is 12.2 Å². The number of rotatable bonds is 3. The van der Waals surface area contributed by atoms with E-state index in [-0.39, 0.29) is 16.2 Å². The van der Waals surface area contributed by atoms with Gasteiger partial charge in [-0.3, -0.25) is 10.1 Å². The third kappa shape index (κ3) is 4.14. The molecule has 0 spiro atoms. The summed E-state index contributed by atoms with van der Waals surface area (Å²) < 4.78 is 73.6. The van der Waals surface area contributed by atoms with Crippen LogP contribution in [0.15, 0.2) is 46.9 Å². The Morgan fingerprint density at radius 1 is 0.939 bits per heavy atom. The van der Waals surface area contributed by atoms with Crippen molar-refractivity contribution in [2.75, 3.05) is 5.32 Å². The number of carbonyl (C=O) groups excluding carboxylic acids is 1. The van der Waals surface area contributed by atoms with Crippen LogP contribution in [-0.4, -0.2) is 16.0 Å². The van der Waals surface area contributed by atoms with Gasteiger partial charge in [0.2, 0.25) is 11.7 Å². The number of thiocarbonyl (C=S) groups is 1. The molecule has 1 heterocycles. The maximum Gasteiger partial charge on any atom is 0.257 e. The van der Waals surface area contributed by atoms with Gasteiger partial charge in [-0.25, -0.2) is 26.9 Å². The number of amides is 1. The summed E-state index contributed by atoms with van der Waals surface area (Å²) in [5.74, 6) is -11.8. The van der Waals surface area contributed by atoms with E-state index in [4.69, 9.17) is 16.6 Å². The highest BCUT2D eigenvalue weighted by molar-refractivity contribution is 7.80. The van der Waals surface area contributed by atoms with Crippen molar-refractivity contribution >= 4 is 40.0 Å². The van der Waals surface area contributed by atoms with Crippen molar-refractivity contribution < 1.29 is 31.2 Å². The van der Waals surface area contributed by atoms with Crippen LogP contribution in [-0.2, 0) is 0 Å². The first kappa shape index (κ1) is 22.3. The molecular weight excluding hydrogens is 465 g/mol. The van der Waals surface area contributed by atoms with Gasteiger partial charge in [0.15, 0.2) is 34.0 Å². The third-order valence-electron chi connectivity index (χ3n) is 4.69. The summed E-state index contributed by atoms with van der Waals surface area (Å²) in [6.07, 6.45) is 0. The Balaban J connectivity index is 1.59. The zero-order valence-electron chi connectivity index (χ0n) is 16.6. The fraction of sp³-hybridized carbons (Fsp3) is 0.0455. The lowest BCUT2D eigenvalue weighted by atomic mass is 10.1. The van der Waals surface area contributed by atoms with Crippen molar-refractivity contribution in [1.29, 1.82) is 0 Å². The minimum atomic E-state index is -2.28. The monoisotopic (exact) mass is 477 g/mol. The van der Waals surface area contributed by atoms with E-state index in [1.807, 2.05) is 0 Å². The summed E-state index contributed by atoms with van der Waals surface area (Å²) >= 11 is 5.13. The number of anilines is 1. The predicted octanol–water partition coefficient (Wildman–Crippen LogP) is 5.63. The number of aryl methyl sites for hydroxylation is 1. The topological polar surface area (TPSA) is 67.2 Å². The third-order valence-corrected chi connectivity index (χ3v) is 4.89. The molecule has 5 nitrogen and oxygen atoms in total. The molecule has 4 aromatic rings. The van der Waals surface area contributed by atoms with Gasteiger partial charge < -0.3 is 9.73 Å². The molecule has 33 heavy (non-hydrogen) atoms. The fourth-order valence-electron chi connectivity index (χ4n) is 3.07. The van der Waals surface area contributed by atoms with Crippen molar-refractivity contribution in [3.63, 3.8) is 0 Å². The van der Waals surface area contributed by atoms with Crippen LogP contribution in [0.2, 0.25) is 0 Å². The van der Waals surface area contributed by atoms with Gasteiger partial charge >= 0.3 is 0 Å². The zero-order valence-corrected chi connectivity index (χ0v) is 17.4. The smallest absolute Gasteiger partial charge is 0.257 e. The second-order valence-corrected chi connectivity index (χ2v) is 7.28. The van der Waals surface area contributed by atoms with Gasteiger partial charge in [-0.1, -0.05) is 18.2 Å². The molecule has 0 atom stereocenters. The Morgan fingerprint density at radius 3 is 2.24 bits per heavy atom. The first-order valence-electron chi connectivity index (χ1n) is 9.27. The molecule has 11 heteroatoms. The summed E-state index contributed by atoms with van der Waals surface area (Å²) in [5, 5.41) is 5.23. The Labute approximate surface area is 188 Å². The molecule has 0 aliphatic rings. The Hall–Kier alpha value is -3.86. The first-order chi connectivity index (χ1) is 15.7. The molecule has 0 aliphatic carbocycles. The zero-order chi connectivity index (χ0) is 23.9. The van der Waals surface area contributed by atoms with Crippen LogP contribution in [0.5, 0.6) is 0 Å². The molecule has 0 unspecified atom stereocenters. The molecular formula is C22H12F5N3O2S. The van der Waals surface area contributed by atoms with Crippen LogP contribution in [0, 0.1) is 36.0 Å². The van der Waals surface area contributed by atoms with Crippen molar-refractivity contribution in [2.24, 2.45) is 0 Å². The van der Waals surface area contributed by atoms with E-state index in [9.17, 15) is 26.7 Å². The molecule has 1 amide bonds. The fourth-order valence-corrected chi connectivity index (χ4v) is 3.28. The summed E-state index contributed by atoms with van der Waals surface area (Å²) in [5.41, 5.74) is 0.304. The van der Waals surface area contributed by atoms with Gasteiger partial charge in [0, 0.05) is 11.3 Å². The minimum Gasteiger partial charge on any atom is -0.436 e. The number of oxazole rings is 1. The van der Waals surface area contributed by atoms with E-state index in [2.05, 4.69) is 15.6 Å². The molecule has 0 fully saturated rings. The number of carbonyl (C=O) groups is 1. The van der Waals surface area contributed by atoms with Crippen LogP contribution in [0.1, 0.15) is 15.9 Å². The highest BCUT2D eigenvalue weighted by Gasteiger charge is 2.29. The number of hydrogen-bond acceptors (Lipinski definition) is 4. The van der Waals surface area contributed by atoms with Crippen LogP contribution in [0.4, 0.5) is 27.6 Å². The van der Waals surface area contributed by atoms with E-state index in [1.54, 1.807) is 31.2 Å². The van der Waals surface area contributed by atoms with Gasteiger partial charge in [-0.2, -0.15) is 0 Å². The molecule has 1 aromatic heterocycles. The van der Waals surface area contributed by atoms with E-state index >= 15 is 0 Å². The van der Waals surface area contributed by atoms with Gasteiger partial charge in [-0.05, 0) is 49.0 Å². The second kappa shape index (κ2) is 8.58. The van der Waals surface area contributed by atoms with Crippen molar-refractivity contribution in [3.8, 4) is 11.5 Å². The number of hydrogen-bond donors (Lipinski definition) is 2. The summed E-state index contributed by atoms with van der Waals surface area (Å²) in [4.78, 5) is 16.2. The van der Waals surface area contributed by atoms with Crippen molar-refractivity contribution in [1.82, 2.24) is 10.3 Å². The molecule has 0 aliphatic heterocycles. The number of fused-ring (bicyclic) bond motifs is 1. The molecule has 0 saturated heterocycles. The van der Waals surface area contributed by atoms with Gasteiger partial charge in [0.05, 0.1) is 0 Å². The van der Waals surface area contributed by atoms with E-state index in [0.29, 0.717) is 11.3 Å². The van der Waals surface area contributed by atoms with Crippen LogP contribution in [0.3, 0.4) is 0 Å². The minimum absolute atomic E-state index is 0.0226. The molecule has 0 radical (unpaired) electrons. The van der Waals surface area contributed by atoms with Crippen molar-refractivity contribution in [3.05, 3.63) is 82.7 Å². The first-order valence-corrected chi connectivity index (χ1v) is 9.68. The number of benzene rings is 3. The number of nitrogens with one attached hydrogen (secondary N) is 2. The standard InChI is InChI=1S/C22H12F5N3O2S/c1-9-4-2-3-5-11(9)20(31)30-22(33)28-10-6-7-13-12(8-10)29-21(32-13)14-15(23)17(25)19(27)18(26)16(14)24/h2-8H,1H3,(H2,28,30,31,33). The average molecular weight is 477 g/mol. The highest BCUT2D eigenvalue weighted by Crippen LogP contribution is 2.33. The molecule has 168 valence electrons. The Bertz CT molecular complexity index is 1410. The van der Waals surface area contributed by atoms with Gasteiger partial charge in [-0.15, -0.1) is 0 Å². The van der Waals surface area contributed by atoms with E-state index in [0.717, 1.165) is 5.56 Å². The molecule has 0 saturated carbocycles. The molecule has 0 bridgehead atoms. The lowest BCUT2D eigenvalue weighted by molar-refractivity contribution is 0.0977. The maximum atomic E-state index is 14.1. The van der Waals surface area contributed by atoms with E-state index in [1.165, 1.54) is 18.2 Å². The lowest BCUT2D eigenvalue weighted by Crippen LogP contribution is -2.34. The highest BCUT2D eigenvalue weighted by atomic mass is 32.1. The lowest BCUT2D eigenvalue weighted by Gasteiger charge is -2.10. The molecule has 4 rings (SSSR count). The summed E-state index contributed by atoms with van der Waals surface area (Å²) in [6.45, 7) is 1.77. The molecule has 2 N–H and O–H groups in total. The average Bonchev–Trinajstić information content (AvgIpc) is 3.19. The largest absolute Gasteiger partial charge is 0.436 e. The van der Waals surface area contributed by atoms with Gasteiger partial charge in [0.1, 0.15) is 11.1 Å². The van der Waals surface area contributed by atoms with Crippen LogP contribution < -0.4 is 10.6 Å². The van der Waals surface area contributed by atoms with Crippen LogP contribution in [0.25, 0.3) is 22.6 Å². The SMILES string of the molecule is Cc1ccccc1C(=O)NC(=S)Nc1ccc2oc(-c3c(F)c(F)c(F)c(F)c3F)nc2c1. The van der Waals surface area contributed by atoms with Crippen molar-refractivity contribution in [2.45, 2.75) is 6.92 Å². The number of aromatic nitrogens is 1. The maximum absolute atomic E-state index is 14.1. The summed E-state index contributed by atoms with van der Waals surface area (Å²) in [7, 11) is 0. The normalized spacial score (nSPS) is 11.0.